The molecule has 2 heterocycles. The number of aromatic nitrogens is 2. The Bertz CT molecular complexity index is 1050. The highest BCUT2D eigenvalue weighted by molar-refractivity contribution is 5.89. The maximum atomic E-state index is 12.6. The number of carbonyl (C=O) groups excluding carboxylic acids is 2. The molecule has 1 aromatic carbocycles. The second-order valence-electron chi connectivity index (χ2n) is 8.63. The third-order valence-electron chi connectivity index (χ3n) is 6.36. The van der Waals surface area contributed by atoms with Crippen LogP contribution in [0.2, 0.25) is 0 Å². The van der Waals surface area contributed by atoms with Gasteiger partial charge < -0.3 is 20.9 Å². The van der Waals surface area contributed by atoms with Crippen LogP contribution in [-0.2, 0) is 11.3 Å². The van der Waals surface area contributed by atoms with E-state index in [9.17, 15) is 14.4 Å². The number of nitrogens with zero attached hydrogens (tertiary/aromatic N) is 4. The lowest BCUT2D eigenvalue weighted by Crippen LogP contribution is -2.63. The molecule has 0 atom stereocenters. The first-order valence-corrected chi connectivity index (χ1v) is 11.4. The summed E-state index contributed by atoms with van der Waals surface area (Å²) in [6, 6.07) is 8.91. The highest BCUT2D eigenvalue weighted by atomic mass is 16.2. The van der Waals surface area contributed by atoms with Crippen molar-refractivity contribution in [2.45, 2.75) is 38.3 Å². The highest BCUT2D eigenvalue weighted by Crippen LogP contribution is 2.31. The predicted octanol–water partition coefficient (Wildman–Crippen LogP) is 0.900. The topological polar surface area (TPSA) is 126 Å². The summed E-state index contributed by atoms with van der Waals surface area (Å²) >= 11 is 0. The van der Waals surface area contributed by atoms with Crippen LogP contribution in [-0.4, -0.2) is 69.6 Å². The first kappa shape index (κ1) is 22.9. The number of piperazine rings is 1. The summed E-state index contributed by atoms with van der Waals surface area (Å²) in [6.45, 7) is 5.42. The minimum atomic E-state index is -0.717. The number of hydrogen-bond donors (Lipinski definition) is 3. The van der Waals surface area contributed by atoms with Gasteiger partial charge in [0.25, 0.3) is 0 Å². The lowest BCUT2D eigenvalue weighted by Gasteiger charge is -2.43. The van der Waals surface area contributed by atoms with Crippen LogP contribution in [0.3, 0.4) is 0 Å². The van der Waals surface area contributed by atoms with Gasteiger partial charge in [-0.15, -0.1) is 0 Å². The Labute approximate surface area is 192 Å². The molecule has 1 saturated carbocycles. The van der Waals surface area contributed by atoms with Crippen molar-refractivity contribution in [2.75, 3.05) is 38.0 Å². The molecular formula is C23H31N7O3. The van der Waals surface area contributed by atoms with E-state index in [2.05, 4.69) is 15.6 Å². The summed E-state index contributed by atoms with van der Waals surface area (Å²) in [5, 5.41) is 5.94. The Hall–Kier alpha value is -3.24. The van der Waals surface area contributed by atoms with E-state index in [1.165, 1.54) is 4.57 Å². The fourth-order valence-corrected chi connectivity index (χ4v) is 4.10. The third kappa shape index (κ3) is 5.07. The average Bonchev–Trinajstić information content (AvgIpc) is 2.81. The Morgan fingerprint density at radius 3 is 2.30 bits per heavy atom. The zero-order valence-electron chi connectivity index (χ0n) is 18.9. The fourth-order valence-electron chi connectivity index (χ4n) is 4.10. The van der Waals surface area contributed by atoms with Crippen molar-refractivity contribution >= 4 is 17.8 Å². The van der Waals surface area contributed by atoms with Gasteiger partial charge in [0.15, 0.2) is 0 Å². The molecular weight excluding hydrogens is 422 g/mol. The third-order valence-corrected chi connectivity index (χ3v) is 6.36. The number of benzene rings is 1. The number of hydrogen-bond acceptors (Lipinski definition) is 6. The van der Waals surface area contributed by atoms with Gasteiger partial charge in [-0.2, -0.15) is 4.98 Å². The van der Waals surface area contributed by atoms with Crippen LogP contribution in [0.15, 0.2) is 41.3 Å². The lowest BCUT2D eigenvalue weighted by atomic mass is 9.76. The summed E-state index contributed by atoms with van der Waals surface area (Å²) < 4.78 is 1.43. The molecule has 2 aliphatic rings. The Morgan fingerprint density at radius 1 is 1.06 bits per heavy atom. The second kappa shape index (κ2) is 9.72. The van der Waals surface area contributed by atoms with E-state index in [0.717, 1.165) is 37.9 Å². The van der Waals surface area contributed by atoms with Crippen molar-refractivity contribution in [2.24, 2.45) is 5.73 Å². The summed E-state index contributed by atoms with van der Waals surface area (Å²) in [5.41, 5.74) is 6.78. The molecule has 4 N–H and O–H groups in total. The van der Waals surface area contributed by atoms with E-state index in [1.54, 1.807) is 22.1 Å². The summed E-state index contributed by atoms with van der Waals surface area (Å²) in [5.74, 6) is 0.174. The summed E-state index contributed by atoms with van der Waals surface area (Å²) in [4.78, 5) is 45.1. The second-order valence-corrected chi connectivity index (χ2v) is 8.63. The molecule has 0 radical (unpaired) electrons. The van der Waals surface area contributed by atoms with Crippen LogP contribution in [0.1, 0.15) is 31.7 Å². The molecule has 10 heteroatoms. The molecule has 1 aromatic heterocycles. The molecule has 10 nitrogen and oxygen atoms in total. The van der Waals surface area contributed by atoms with Gasteiger partial charge in [-0.1, -0.05) is 19.1 Å². The zero-order valence-corrected chi connectivity index (χ0v) is 18.9. The van der Waals surface area contributed by atoms with Crippen molar-refractivity contribution in [3.8, 4) is 5.69 Å². The normalized spacial score (nSPS) is 17.4. The maximum absolute atomic E-state index is 12.6. The lowest BCUT2D eigenvalue weighted by molar-refractivity contribution is -0.141. The molecule has 2 fully saturated rings. The van der Waals surface area contributed by atoms with Crippen LogP contribution in [0.25, 0.3) is 5.69 Å². The molecule has 176 valence electrons. The van der Waals surface area contributed by atoms with Crippen molar-refractivity contribution in [3.05, 3.63) is 52.6 Å². The molecule has 0 spiro atoms. The van der Waals surface area contributed by atoms with Gasteiger partial charge in [0.05, 0.1) is 11.2 Å². The number of nitrogens with two attached hydrogens (primary N) is 1. The minimum absolute atomic E-state index is 0.0197. The van der Waals surface area contributed by atoms with Crippen LogP contribution in [0.5, 0.6) is 0 Å². The van der Waals surface area contributed by atoms with E-state index >= 15 is 0 Å². The number of rotatable bonds is 6. The standard InChI is InChI=1S/C23H31N7O3/c1-2-25-16-17-4-6-18(7-5-17)30-11-8-19(27-22(30)33)26-21(32)29-14-12-28(13-15-29)20(31)23(24)9-3-10-23/h4-8,11,25H,2-3,9-10,12-16,24H2,1H3,(H,26,27,32,33). The van der Waals surface area contributed by atoms with Crippen LogP contribution in [0, 0.1) is 0 Å². The number of urea groups is 1. The molecule has 0 unspecified atom stereocenters. The molecule has 0 bridgehead atoms. The smallest absolute Gasteiger partial charge is 0.338 e. The van der Waals surface area contributed by atoms with Crippen LogP contribution >= 0.6 is 0 Å². The fraction of sp³-hybridized carbons (Fsp3) is 0.478. The van der Waals surface area contributed by atoms with E-state index in [1.807, 2.05) is 31.2 Å². The molecule has 3 amide bonds. The Morgan fingerprint density at radius 2 is 1.73 bits per heavy atom. The Kier molecular flexibility index (Phi) is 6.75. The summed E-state index contributed by atoms with van der Waals surface area (Å²) in [6.07, 6.45) is 4.03. The van der Waals surface area contributed by atoms with E-state index in [4.69, 9.17) is 5.73 Å². The molecule has 1 aliphatic heterocycles. The van der Waals surface area contributed by atoms with Gasteiger partial charge in [-0.05, 0) is 49.6 Å². The van der Waals surface area contributed by atoms with Gasteiger partial charge in [-0.25, -0.2) is 9.59 Å². The van der Waals surface area contributed by atoms with Gasteiger partial charge in [0.1, 0.15) is 5.82 Å². The van der Waals surface area contributed by atoms with Crippen LogP contribution < -0.4 is 22.1 Å². The zero-order chi connectivity index (χ0) is 23.4. The Balaban J connectivity index is 1.33. The first-order chi connectivity index (χ1) is 15.9. The molecule has 33 heavy (non-hydrogen) atoms. The maximum Gasteiger partial charge on any atom is 0.354 e. The van der Waals surface area contributed by atoms with Crippen molar-refractivity contribution in [1.29, 1.82) is 0 Å². The summed E-state index contributed by atoms with van der Waals surface area (Å²) in [7, 11) is 0. The van der Waals surface area contributed by atoms with Gasteiger partial charge in [0.2, 0.25) is 5.91 Å². The van der Waals surface area contributed by atoms with Gasteiger partial charge in [0, 0.05) is 38.9 Å². The number of nitrogens with one attached hydrogen (secondary N) is 2. The largest absolute Gasteiger partial charge is 0.354 e. The molecule has 2 aromatic rings. The SMILES string of the molecule is CCNCc1ccc(-n2ccc(NC(=O)N3CCN(C(=O)C4(N)CCC4)CC3)nc2=O)cc1. The predicted molar refractivity (Wildman–Crippen MR) is 125 cm³/mol. The van der Waals surface area contributed by atoms with E-state index in [0.29, 0.717) is 31.9 Å². The van der Waals surface area contributed by atoms with Crippen molar-refractivity contribution in [1.82, 2.24) is 24.7 Å². The first-order valence-electron chi connectivity index (χ1n) is 11.4. The van der Waals surface area contributed by atoms with E-state index < -0.39 is 11.2 Å². The molecule has 1 aliphatic carbocycles. The van der Waals surface area contributed by atoms with E-state index in [-0.39, 0.29) is 17.8 Å². The minimum Gasteiger partial charge on any atom is -0.338 e. The quantitative estimate of drug-likeness (QED) is 0.597. The van der Waals surface area contributed by atoms with Crippen molar-refractivity contribution < 1.29 is 9.59 Å². The van der Waals surface area contributed by atoms with Gasteiger partial charge >= 0.3 is 11.7 Å². The van der Waals surface area contributed by atoms with Crippen molar-refractivity contribution in [3.63, 3.8) is 0 Å². The van der Waals surface area contributed by atoms with Crippen LogP contribution in [0.4, 0.5) is 10.6 Å². The molecule has 4 rings (SSSR count). The monoisotopic (exact) mass is 453 g/mol. The highest BCUT2D eigenvalue weighted by Gasteiger charge is 2.43. The number of carbonyl (C=O) groups is 2. The number of amides is 3. The molecule has 1 saturated heterocycles. The van der Waals surface area contributed by atoms with Gasteiger partial charge in [-0.3, -0.25) is 14.7 Å². The average molecular weight is 454 g/mol. The number of anilines is 1.